The summed E-state index contributed by atoms with van der Waals surface area (Å²) in [4.78, 5) is 8.78. The zero-order valence-electron chi connectivity index (χ0n) is 15.5. The molecule has 140 valence electrons. The van der Waals surface area contributed by atoms with Crippen LogP contribution in [-0.2, 0) is 0 Å². The maximum absolute atomic E-state index is 8.78. The van der Waals surface area contributed by atoms with Crippen molar-refractivity contribution in [2.75, 3.05) is 6.54 Å². The normalized spacial score (nSPS) is 10.2. The average molecular weight is 331 g/mol. The Kier molecular flexibility index (Phi) is 25.0. The molecular formula is C19H42N2O2. The first-order chi connectivity index (χ1) is 11.1. The van der Waals surface area contributed by atoms with Crippen molar-refractivity contribution in [3.63, 3.8) is 0 Å². The molecule has 0 bridgehead atoms. The molecule has 0 aromatic carbocycles. The van der Waals surface area contributed by atoms with Gasteiger partial charge in [0.1, 0.15) is 0 Å². The van der Waals surface area contributed by atoms with E-state index in [0.29, 0.717) is 0 Å². The predicted molar refractivity (Wildman–Crippen MR) is 101 cm³/mol. The molecule has 0 aliphatic rings. The number of primary amides is 1. The number of carbonyl (C=O) groups is 1. The molecule has 0 aliphatic carbocycles. The van der Waals surface area contributed by atoms with Gasteiger partial charge in [-0.3, -0.25) is 0 Å². The van der Waals surface area contributed by atoms with Gasteiger partial charge in [-0.2, -0.15) is 0 Å². The number of hydrogen-bond donors (Lipinski definition) is 3. The number of rotatable bonds is 16. The van der Waals surface area contributed by atoms with Crippen LogP contribution in [0, 0.1) is 0 Å². The zero-order chi connectivity index (χ0) is 17.6. The van der Waals surface area contributed by atoms with Crippen molar-refractivity contribution >= 4 is 6.09 Å². The van der Waals surface area contributed by atoms with E-state index in [-0.39, 0.29) is 0 Å². The molecule has 0 saturated carbocycles. The minimum Gasteiger partial charge on any atom is -0.465 e. The number of hydrogen-bond acceptors (Lipinski definition) is 2. The van der Waals surface area contributed by atoms with E-state index in [1.807, 2.05) is 0 Å². The first kappa shape index (κ1) is 24.5. The first-order valence-electron chi connectivity index (χ1n) is 9.83. The number of amides is 1. The molecule has 0 unspecified atom stereocenters. The third kappa shape index (κ3) is 33.8. The Bertz CT molecular complexity index is 203. The van der Waals surface area contributed by atoms with Gasteiger partial charge < -0.3 is 16.6 Å². The van der Waals surface area contributed by atoms with Gasteiger partial charge in [0.2, 0.25) is 0 Å². The molecule has 1 amide bonds. The molecule has 0 rings (SSSR count). The second kappa shape index (κ2) is 23.5. The zero-order valence-corrected chi connectivity index (χ0v) is 15.5. The molecule has 4 nitrogen and oxygen atoms in total. The molecule has 0 fully saturated rings. The highest BCUT2D eigenvalue weighted by atomic mass is 16.4. The van der Waals surface area contributed by atoms with Gasteiger partial charge in [-0.05, 0) is 13.0 Å². The van der Waals surface area contributed by atoms with Gasteiger partial charge in [0.15, 0.2) is 0 Å². The molecule has 0 aliphatic heterocycles. The fourth-order valence-electron chi connectivity index (χ4n) is 2.69. The van der Waals surface area contributed by atoms with Crippen LogP contribution in [0.3, 0.4) is 0 Å². The average Bonchev–Trinajstić information content (AvgIpc) is 2.50. The molecular weight excluding hydrogens is 288 g/mol. The summed E-state index contributed by atoms with van der Waals surface area (Å²) in [5, 5.41) is 7.19. The summed E-state index contributed by atoms with van der Waals surface area (Å²) in [7, 11) is 0. The van der Waals surface area contributed by atoms with E-state index in [2.05, 4.69) is 12.7 Å². The van der Waals surface area contributed by atoms with Gasteiger partial charge in [0, 0.05) is 0 Å². The molecule has 0 heterocycles. The highest BCUT2D eigenvalue weighted by Gasteiger charge is 1.94. The Morgan fingerprint density at radius 1 is 0.652 bits per heavy atom. The summed E-state index contributed by atoms with van der Waals surface area (Å²) in [6.45, 7) is 3.16. The highest BCUT2D eigenvalue weighted by Crippen LogP contribution is 2.13. The van der Waals surface area contributed by atoms with Crippen molar-refractivity contribution < 1.29 is 9.90 Å². The maximum Gasteiger partial charge on any atom is 0.402 e. The molecule has 0 spiro atoms. The highest BCUT2D eigenvalue weighted by molar-refractivity contribution is 5.61. The van der Waals surface area contributed by atoms with Crippen LogP contribution >= 0.6 is 0 Å². The topological polar surface area (TPSA) is 89.3 Å². The van der Waals surface area contributed by atoms with Crippen molar-refractivity contribution in [1.29, 1.82) is 0 Å². The van der Waals surface area contributed by atoms with Crippen LogP contribution in [0.1, 0.15) is 110 Å². The maximum atomic E-state index is 8.78. The lowest BCUT2D eigenvalue weighted by atomic mass is 10.0. The monoisotopic (exact) mass is 330 g/mol. The van der Waals surface area contributed by atoms with Crippen molar-refractivity contribution in [2.45, 2.75) is 110 Å². The molecule has 0 aromatic rings. The number of nitrogens with two attached hydrogens (primary N) is 2. The molecule has 0 radical (unpaired) electrons. The summed E-state index contributed by atoms with van der Waals surface area (Å²) in [5.41, 5.74) is 9.51. The quantitative estimate of drug-likeness (QED) is 0.311. The second-order valence-electron chi connectivity index (χ2n) is 6.43. The number of carboxylic acid groups (broad SMARTS) is 1. The summed E-state index contributed by atoms with van der Waals surface area (Å²) in [6.07, 6.45) is 21.5. The standard InChI is InChI=1S/C18H39N.CH3NO2/c1-2-3-4-5-6-7-8-9-10-11-12-13-14-15-16-17-18-19;2-1(3)4/h2-19H2,1H3;2H2,(H,3,4). The largest absolute Gasteiger partial charge is 0.465 e. The Labute approximate surface area is 144 Å². The van der Waals surface area contributed by atoms with E-state index in [4.69, 9.17) is 15.6 Å². The van der Waals surface area contributed by atoms with Gasteiger partial charge in [-0.15, -0.1) is 0 Å². The lowest BCUT2D eigenvalue weighted by Crippen LogP contribution is -2.03. The van der Waals surface area contributed by atoms with E-state index in [1.54, 1.807) is 0 Å². The minimum atomic E-state index is -1.33. The van der Waals surface area contributed by atoms with Crippen LogP contribution in [0.2, 0.25) is 0 Å². The fourth-order valence-corrected chi connectivity index (χ4v) is 2.69. The molecule has 4 heteroatoms. The van der Waals surface area contributed by atoms with Crippen molar-refractivity contribution in [3.05, 3.63) is 0 Å². The lowest BCUT2D eigenvalue weighted by Gasteiger charge is -2.03. The molecule has 0 atom stereocenters. The predicted octanol–water partition coefficient (Wildman–Crippen LogP) is 5.83. The fraction of sp³-hybridized carbons (Fsp3) is 0.947. The van der Waals surface area contributed by atoms with Crippen LogP contribution in [0.15, 0.2) is 0 Å². The smallest absolute Gasteiger partial charge is 0.402 e. The van der Waals surface area contributed by atoms with Gasteiger partial charge in [0.25, 0.3) is 0 Å². The van der Waals surface area contributed by atoms with E-state index in [0.717, 1.165) is 6.54 Å². The summed E-state index contributed by atoms with van der Waals surface area (Å²) in [5.74, 6) is 0. The Balaban J connectivity index is 0. The van der Waals surface area contributed by atoms with Gasteiger partial charge in [-0.1, -0.05) is 103 Å². The number of unbranched alkanes of at least 4 members (excludes halogenated alkanes) is 15. The summed E-state index contributed by atoms with van der Waals surface area (Å²) < 4.78 is 0. The third-order valence-electron chi connectivity index (χ3n) is 4.06. The van der Waals surface area contributed by atoms with Crippen LogP contribution in [0.5, 0.6) is 0 Å². The Morgan fingerprint density at radius 3 is 1.09 bits per heavy atom. The van der Waals surface area contributed by atoms with E-state index in [9.17, 15) is 0 Å². The summed E-state index contributed by atoms with van der Waals surface area (Å²) >= 11 is 0. The van der Waals surface area contributed by atoms with Gasteiger partial charge in [0.05, 0.1) is 0 Å². The second-order valence-corrected chi connectivity index (χ2v) is 6.43. The van der Waals surface area contributed by atoms with E-state index < -0.39 is 6.09 Å². The molecule has 5 N–H and O–H groups in total. The van der Waals surface area contributed by atoms with Gasteiger partial charge >= 0.3 is 6.09 Å². The minimum absolute atomic E-state index is 0.873. The van der Waals surface area contributed by atoms with Crippen LogP contribution < -0.4 is 11.5 Å². The van der Waals surface area contributed by atoms with Crippen molar-refractivity contribution in [2.24, 2.45) is 11.5 Å². The Morgan fingerprint density at radius 2 is 0.870 bits per heavy atom. The van der Waals surface area contributed by atoms with E-state index >= 15 is 0 Å². The summed E-state index contributed by atoms with van der Waals surface area (Å²) in [6, 6.07) is 0. The Hall–Kier alpha value is -0.770. The van der Waals surface area contributed by atoms with Gasteiger partial charge in [-0.25, -0.2) is 4.79 Å². The van der Waals surface area contributed by atoms with Crippen molar-refractivity contribution in [1.82, 2.24) is 0 Å². The van der Waals surface area contributed by atoms with Crippen LogP contribution in [0.25, 0.3) is 0 Å². The van der Waals surface area contributed by atoms with Crippen LogP contribution in [-0.4, -0.2) is 17.7 Å². The molecule has 23 heavy (non-hydrogen) atoms. The molecule has 0 aromatic heterocycles. The van der Waals surface area contributed by atoms with Crippen LogP contribution in [0.4, 0.5) is 4.79 Å². The SMILES string of the molecule is CCCCCCCCCCCCCCCCCCN.NC(=O)O. The molecule has 0 saturated heterocycles. The van der Waals surface area contributed by atoms with Crippen molar-refractivity contribution in [3.8, 4) is 0 Å². The first-order valence-corrected chi connectivity index (χ1v) is 9.83. The lowest BCUT2D eigenvalue weighted by molar-refractivity contribution is 0.205. The third-order valence-corrected chi connectivity index (χ3v) is 4.06. The van der Waals surface area contributed by atoms with E-state index in [1.165, 1.54) is 103 Å².